The average molecular weight is 411 g/mol. The van der Waals surface area contributed by atoms with E-state index in [2.05, 4.69) is 0 Å². The van der Waals surface area contributed by atoms with Gasteiger partial charge in [-0.15, -0.1) is 11.8 Å². The highest BCUT2D eigenvalue weighted by Crippen LogP contribution is 2.50. The second kappa shape index (κ2) is 6.95. The minimum atomic E-state index is -4.35. The zero-order valence-electron chi connectivity index (χ0n) is 15.2. The Morgan fingerprint density at radius 3 is 2.41 bits per heavy atom. The molecule has 0 spiro atoms. The summed E-state index contributed by atoms with van der Waals surface area (Å²) in [7, 11) is 0. The second-order valence-corrected chi connectivity index (χ2v) is 8.22. The third-order valence-corrected chi connectivity index (χ3v) is 6.68. The molecule has 0 N–H and O–H groups in total. The van der Waals surface area contributed by atoms with Gasteiger partial charge in [-0.1, -0.05) is 36.4 Å². The highest BCUT2D eigenvalue weighted by atomic mass is 32.2. The fraction of sp³-hybridized carbons (Fsp3) is 0.174. The van der Waals surface area contributed by atoms with Crippen LogP contribution in [0.15, 0.2) is 82.7 Å². The van der Waals surface area contributed by atoms with Crippen molar-refractivity contribution in [2.75, 3.05) is 6.61 Å². The van der Waals surface area contributed by atoms with Crippen molar-refractivity contribution in [1.29, 1.82) is 0 Å². The standard InChI is InChI=1S/C23H16F3NOS/c24-23(25,26)15-11-9-14(10-12-15)22-17-13-28-19-7-3-1-5-16(19)21(17)27-18-6-2-4-8-20(18)29-22/h1-12,17,22H,13H2. The van der Waals surface area contributed by atoms with Crippen LogP contribution < -0.4 is 4.74 Å². The SMILES string of the molecule is FC(F)(F)c1ccc(C2Sc3ccccc3N=C3c4ccccc4OCC32)cc1. The van der Waals surface area contributed by atoms with E-state index in [1.165, 1.54) is 0 Å². The van der Waals surface area contributed by atoms with Gasteiger partial charge in [-0.05, 0) is 42.0 Å². The Morgan fingerprint density at radius 2 is 1.62 bits per heavy atom. The number of rotatable bonds is 1. The van der Waals surface area contributed by atoms with Crippen LogP contribution in [0.3, 0.4) is 0 Å². The molecule has 2 heterocycles. The van der Waals surface area contributed by atoms with Crippen molar-refractivity contribution in [3.63, 3.8) is 0 Å². The van der Waals surface area contributed by atoms with Crippen molar-refractivity contribution in [2.24, 2.45) is 10.9 Å². The van der Waals surface area contributed by atoms with Gasteiger partial charge in [0.15, 0.2) is 0 Å². The molecular weight excluding hydrogens is 395 g/mol. The van der Waals surface area contributed by atoms with E-state index >= 15 is 0 Å². The zero-order valence-corrected chi connectivity index (χ0v) is 16.0. The highest BCUT2D eigenvalue weighted by Gasteiger charge is 2.37. The summed E-state index contributed by atoms with van der Waals surface area (Å²) in [6.45, 7) is 0.433. The first kappa shape index (κ1) is 18.3. The fourth-order valence-electron chi connectivity index (χ4n) is 3.80. The van der Waals surface area contributed by atoms with E-state index in [4.69, 9.17) is 9.73 Å². The van der Waals surface area contributed by atoms with E-state index in [9.17, 15) is 13.2 Å². The van der Waals surface area contributed by atoms with Gasteiger partial charge in [0.2, 0.25) is 0 Å². The normalized spacial score (nSPS) is 20.4. The van der Waals surface area contributed by atoms with Gasteiger partial charge >= 0.3 is 6.18 Å². The first-order chi connectivity index (χ1) is 14.0. The summed E-state index contributed by atoms with van der Waals surface area (Å²) in [5, 5.41) is -0.104. The molecule has 29 heavy (non-hydrogen) atoms. The molecule has 0 saturated carbocycles. The van der Waals surface area contributed by atoms with E-state index in [1.54, 1.807) is 23.9 Å². The number of nitrogens with zero attached hydrogens (tertiary/aromatic N) is 1. The molecule has 0 radical (unpaired) electrons. The van der Waals surface area contributed by atoms with E-state index in [1.807, 2.05) is 48.5 Å². The van der Waals surface area contributed by atoms with Gasteiger partial charge in [-0.25, -0.2) is 0 Å². The third-order valence-electron chi connectivity index (χ3n) is 5.22. The number of para-hydroxylation sites is 2. The van der Waals surface area contributed by atoms with Crippen molar-refractivity contribution >= 4 is 23.2 Å². The molecule has 6 heteroatoms. The molecule has 0 bridgehead atoms. The third kappa shape index (κ3) is 3.31. The number of aliphatic imine (C=N–C) groups is 1. The van der Waals surface area contributed by atoms with Gasteiger partial charge in [0.1, 0.15) is 5.75 Å². The molecule has 5 rings (SSSR count). The lowest BCUT2D eigenvalue weighted by Crippen LogP contribution is -2.31. The molecular formula is C23H16F3NOS. The molecule has 146 valence electrons. The molecule has 0 fully saturated rings. The van der Waals surface area contributed by atoms with Crippen LogP contribution in [0.4, 0.5) is 18.9 Å². The van der Waals surface area contributed by atoms with Gasteiger partial charge in [-0.3, -0.25) is 4.99 Å². The molecule has 3 aromatic carbocycles. The van der Waals surface area contributed by atoms with Gasteiger partial charge in [0, 0.05) is 15.7 Å². The number of ether oxygens (including phenoxy) is 1. The van der Waals surface area contributed by atoms with Gasteiger partial charge in [0.05, 0.1) is 29.5 Å². The maximum absolute atomic E-state index is 13.0. The molecule has 2 aliphatic heterocycles. The first-order valence-electron chi connectivity index (χ1n) is 9.24. The molecule has 2 aliphatic rings. The Bertz CT molecular complexity index is 1090. The van der Waals surface area contributed by atoms with Crippen LogP contribution in [0.2, 0.25) is 0 Å². The van der Waals surface area contributed by atoms with Crippen LogP contribution in [0, 0.1) is 5.92 Å². The van der Waals surface area contributed by atoms with Crippen molar-refractivity contribution in [1.82, 2.24) is 0 Å². The summed E-state index contributed by atoms with van der Waals surface area (Å²) in [6, 6.07) is 21.1. The summed E-state index contributed by atoms with van der Waals surface area (Å²) in [5.41, 5.74) is 2.94. The number of hydrogen-bond donors (Lipinski definition) is 0. The van der Waals surface area contributed by atoms with Crippen LogP contribution in [-0.4, -0.2) is 12.3 Å². The number of benzene rings is 3. The van der Waals surface area contributed by atoms with E-state index in [-0.39, 0.29) is 11.2 Å². The van der Waals surface area contributed by atoms with E-state index in [0.29, 0.717) is 6.61 Å². The Balaban J connectivity index is 1.63. The lowest BCUT2D eigenvalue weighted by atomic mass is 9.88. The van der Waals surface area contributed by atoms with Gasteiger partial charge < -0.3 is 4.74 Å². The molecule has 0 aromatic heterocycles. The second-order valence-electron chi connectivity index (χ2n) is 7.04. The Morgan fingerprint density at radius 1 is 0.897 bits per heavy atom. The maximum atomic E-state index is 13.0. The molecule has 0 saturated heterocycles. The number of fused-ring (bicyclic) bond motifs is 4. The van der Waals surface area contributed by atoms with Gasteiger partial charge in [0.25, 0.3) is 0 Å². The first-order valence-corrected chi connectivity index (χ1v) is 10.1. The minimum absolute atomic E-state index is 0.0703. The number of alkyl halides is 3. The molecule has 0 aliphatic carbocycles. The summed E-state index contributed by atoms with van der Waals surface area (Å²) in [4.78, 5) is 5.98. The van der Waals surface area contributed by atoms with Crippen molar-refractivity contribution in [3.8, 4) is 5.75 Å². The summed E-state index contributed by atoms with van der Waals surface area (Å²) >= 11 is 1.63. The van der Waals surface area contributed by atoms with Crippen LogP contribution in [0.5, 0.6) is 5.75 Å². The molecule has 3 aromatic rings. The monoisotopic (exact) mass is 411 g/mol. The van der Waals surface area contributed by atoms with E-state index in [0.717, 1.165) is 45.3 Å². The average Bonchev–Trinajstić information content (AvgIpc) is 2.90. The lowest BCUT2D eigenvalue weighted by Gasteiger charge is -2.31. The molecule has 2 nitrogen and oxygen atoms in total. The van der Waals surface area contributed by atoms with Crippen molar-refractivity contribution in [2.45, 2.75) is 16.3 Å². The van der Waals surface area contributed by atoms with Gasteiger partial charge in [-0.2, -0.15) is 13.2 Å². The Labute approximate surface area is 170 Å². The Hall–Kier alpha value is -2.73. The molecule has 2 unspecified atom stereocenters. The van der Waals surface area contributed by atoms with Crippen LogP contribution >= 0.6 is 11.8 Å². The maximum Gasteiger partial charge on any atom is 0.416 e. The van der Waals surface area contributed by atoms with Crippen molar-refractivity contribution < 1.29 is 17.9 Å². The summed E-state index contributed by atoms with van der Waals surface area (Å²) < 4.78 is 45.0. The number of hydrogen-bond acceptors (Lipinski definition) is 3. The fourth-order valence-corrected chi connectivity index (χ4v) is 5.13. The predicted molar refractivity (Wildman–Crippen MR) is 108 cm³/mol. The molecule has 0 amide bonds. The highest BCUT2D eigenvalue weighted by molar-refractivity contribution is 7.99. The largest absolute Gasteiger partial charge is 0.492 e. The van der Waals surface area contributed by atoms with Crippen LogP contribution in [0.1, 0.15) is 21.9 Å². The summed E-state index contributed by atoms with van der Waals surface area (Å²) in [6.07, 6.45) is -4.35. The van der Waals surface area contributed by atoms with Crippen LogP contribution in [-0.2, 0) is 6.18 Å². The topological polar surface area (TPSA) is 21.6 Å². The lowest BCUT2D eigenvalue weighted by molar-refractivity contribution is -0.137. The minimum Gasteiger partial charge on any atom is -0.492 e. The number of thioether (sulfide) groups is 1. The molecule has 2 atom stereocenters. The predicted octanol–water partition coefficient (Wildman–Crippen LogP) is 6.68. The summed E-state index contributed by atoms with van der Waals surface area (Å²) in [5.74, 6) is 0.720. The Kier molecular flexibility index (Phi) is 4.39. The van der Waals surface area contributed by atoms with Crippen LogP contribution in [0.25, 0.3) is 0 Å². The van der Waals surface area contributed by atoms with Crippen molar-refractivity contribution in [3.05, 3.63) is 89.5 Å². The quantitative estimate of drug-likeness (QED) is 0.445. The number of halogens is 3. The van der Waals surface area contributed by atoms with E-state index < -0.39 is 11.7 Å². The zero-order chi connectivity index (χ0) is 20.0. The smallest absolute Gasteiger partial charge is 0.416 e.